The summed E-state index contributed by atoms with van der Waals surface area (Å²) in [6.07, 6.45) is 5.11. The molecule has 0 bridgehead atoms. The van der Waals surface area contributed by atoms with E-state index in [1.54, 1.807) is 66.6 Å². The lowest BCUT2D eigenvalue weighted by molar-refractivity contribution is -0.133. The number of urea groups is 1. The van der Waals surface area contributed by atoms with Crippen molar-refractivity contribution in [3.8, 4) is 16.9 Å². The molecular formula is C26H22N6O3. The molecule has 1 aliphatic heterocycles. The summed E-state index contributed by atoms with van der Waals surface area (Å²) in [6, 6.07) is 21.1. The second-order valence-electron chi connectivity index (χ2n) is 8.05. The number of imide groups is 1. The van der Waals surface area contributed by atoms with Crippen LogP contribution in [0.25, 0.3) is 16.9 Å². The van der Waals surface area contributed by atoms with Gasteiger partial charge in [-0.25, -0.2) is 9.48 Å². The van der Waals surface area contributed by atoms with Gasteiger partial charge in [0.1, 0.15) is 11.2 Å². The fraction of sp³-hybridized carbons (Fsp3) is 0.115. The van der Waals surface area contributed by atoms with Crippen LogP contribution < -0.4 is 10.7 Å². The van der Waals surface area contributed by atoms with Crippen molar-refractivity contribution in [2.75, 3.05) is 0 Å². The first-order valence-corrected chi connectivity index (χ1v) is 11.1. The van der Waals surface area contributed by atoms with Crippen molar-refractivity contribution in [1.29, 1.82) is 0 Å². The third-order valence-electron chi connectivity index (χ3n) is 6.02. The second-order valence-corrected chi connectivity index (χ2v) is 8.05. The highest BCUT2D eigenvalue weighted by atomic mass is 16.2. The first-order chi connectivity index (χ1) is 17.0. The number of carbonyl (C=O) groups excluding carboxylic acids is 3. The molecule has 174 valence electrons. The molecule has 35 heavy (non-hydrogen) atoms. The summed E-state index contributed by atoms with van der Waals surface area (Å²) in [4.78, 5) is 43.8. The molecule has 2 aromatic carbocycles. The fourth-order valence-electron chi connectivity index (χ4n) is 4.17. The minimum absolute atomic E-state index is 0.191. The third-order valence-corrected chi connectivity index (χ3v) is 6.02. The van der Waals surface area contributed by atoms with Crippen LogP contribution >= 0.6 is 0 Å². The highest BCUT2D eigenvalue weighted by Crippen LogP contribution is 2.32. The van der Waals surface area contributed by atoms with Crippen LogP contribution in [0, 0.1) is 0 Å². The molecule has 2 aromatic heterocycles. The topological polar surface area (TPSA) is 109 Å². The van der Waals surface area contributed by atoms with Crippen LogP contribution in [0.3, 0.4) is 0 Å². The Labute approximate surface area is 201 Å². The standard InChI is InChI=1S/C26H22N6O3/c1-2-26(19-11-5-3-6-12-19)24(34)32(25(35)28-26)30-23(33)21-17-31(20-13-7-4-8-14-20)29-22(21)18-10-9-15-27-16-18/h3-17H,2H2,1H3,(H,28,35)(H,30,33)/t26-/m0/s1. The minimum Gasteiger partial charge on any atom is -0.318 e. The van der Waals surface area contributed by atoms with E-state index in [0.717, 1.165) is 10.7 Å². The monoisotopic (exact) mass is 466 g/mol. The van der Waals surface area contributed by atoms with Gasteiger partial charge in [0.15, 0.2) is 0 Å². The van der Waals surface area contributed by atoms with Crippen LogP contribution in [0.2, 0.25) is 0 Å². The van der Waals surface area contributed by atoms with Gasteiger partial charge in [-0.15, -0.1) is 0 Å². The van der Waals surface area contributed by atoms with E-state index in [-0.39, 0.29) is 5.56 Å². The number of pyridine rings is 1. The van der Waals surface area contributed by atoms with Crippen molar-refractivity contribution < 1.29 is 14.4 Å². The van der Waals surface area contributed by atoms with Gasteiger partial charge in [-0.1, -0.05) is 55.5 Å². The van der Waals surface area contributed by atoms with E-state index in [0.29, 0.717) is 23.2 Å². The second kappa shape index (κ2) is 8.86. The number of nitrogens with one attached hydrogen (secondary N) is 2. The molecule has 2 N–H and O–H groups in total. The van der Waals surface area contributed by atoms with E-state index in [2.05, 4.69) is 20.8 Å². The molecule has 1 atom stereocenters. The van der Waals surface area contributed by atoms with E-state index in [1.165, 1.54) is 0 Å². The van der Waals surface area contributed by atoms with Gasteiger partial charge in [0.25, 0.3) is 11.8 Å². The zero-order valence-corrected chi connectivity index (χ0v) is 18.9. The summed E-state index contributed by atoms with van der Waals surface area (Å²) >= 11 is 0. The van der Waals surface area contributed by atoms with Gasteiger partial charge in [-0.05, 0) is 36.2 Å². The number of hydrogen-bond donors (Lipinski definition) is 2. The number of amides is 4. The number of benzene rings is 2. The van der Waals surface area contributed by atoms with E-state index in [1.807, 2.05) is 36.4 Å². The van der Waals surface area contributed by atoms with Crippen LogP contribution in [-0.2, 0) is 10.3 Å². The summed E-state index contributed by atoms with van der Waals surface area (Å²) in [5, 5.41) is 8.09. The molecule has 0 unspecified atom stereocenters. The maximum Gasteiger partial charge on any atom is 0.344 e. The molecule has 4 aromatic rings. The summed E-state index contributed by atoms with van der Waals surface area (Å²) in [7, 11) is 0. The van der Waals surface area contributed by atoms with Gasteiger partial charge < -0.3 is 5.32 Å². The van der Waals surface area contributed by atoms with Crippen molar-refractivity contribution in [1.82, 2.24) is 30.5 Å². The van der Waals surface area contributed by atoms with E-state index in [4.69, 9.17) is 0 Å². The molecule has 1 saturated heterocycles. The molecule has 1 aliphatic rings. The van der Waals surface area contributed by atoms with E-state index >= 15 is 0 Å². The van der Waals surface area contributed by atoms with Gasteiger partial charge >= 0.3 is 6.03 Å². The number of para-hydroxylation sites is 1. The number of nitrogens with zero attached hydrogens (tertiary/aromatic N) is 4. The molecule has 0 spiro atoms. The lowest BCUT2D eigenvalue weighted by Crippen LogP contribution is -2.48. The van der Waals surface area contributed by atoms with Gasteiger partial charge in [-0.3, -0.25) is 20.0 Å². The smallest absolute Gasteiger partial charge is 0.318 e. The minimum atomic E-state index is -1.26. The molecule has 0 aliphatic carbocycles. The fourth-order valence-corrected chi connectivity index (χ4v) is 4.17. The van der Waals surface area contributed by atoms with Crippen LogP contribution in [0.1, 0.15) is 29.3 Å². The van der Waals surface area contributed by atoms with E-state index < -0.39 is 23.4 Å². The van der Waals surface area contributed by atoms with Crippen molar-refractivity contribution >= 4 is 17.8 Å². The largest absolute Gasteiger partial charge is 0.344 e. The Morgan fingerprint density at radius 2 is 1.71 bits per heavy atom. The normalized spacial score (nSPS) is 17.3. The molecule has 5 rings (SSSR count). The molecule has 4 amide bonds. The Kier molecular flexibility index (Phi) is 5.58. The molecule has 9 nitrogen and oxygen atoms in total. The van der Waals surface area contributed by atoms with Crippen LogP contribution in [0.5, 0.6) is 0 Å². The Balaban J connectivity index is 1.50. The summed E-state index contributed by atoms with van der Waals surface area (Å²) in [5.74, 6) is -1.20. The predicted octanol–water partition coefficient (Wildman–Crippen LogP) is 3.44. The third kappa shape index (κ3) is 3.82. The first-order valence-electron chi connectivity index (χ1n) is 11.1. The Morgan fingerprint density at radius 1 is 1.00 bits per heavy atom. The van der Waals surface area contributed by atoms with Crippen molar-refractivity contribution in [3.05, 3.63) is 103 Å². The Hall–Kier alpha value is -4.79. The van der Waals surface area contributed by atoms with E-state index in [9.17, 15) is 14.4 Å². The number of aromatic nitrogens is 3. The Morgan fingerprint density at radius 3 is 2.37 bits per heavy atom. The highest BCUT2D eigenvalue weighted by molar-refractivity contribution is 6.10. The molecular weight excluding hydrogens is 444 g/mol. The van der Waals surface area contributed by atoms with Crippen molar-refractivity contribution in [2.24, 2.45) is 0 Å². The van der Waals surface area contributed by atoms with Crippen LogP contribution in [0.4, 0.5) is 4.79 Å². The zero-order chi connectivity index (χ0) is 24.4. The SMILES string of the molecule is CC[C@@]1(c2ccccc2)NC(=O)N(NC(=O)c2cn(-c3ccccc3)nc2-c2cccnc2)C1=O. The first kappa shape index (κ1) is 22.0. The van der Waals surface area contributed by atoms with Gasteiger partial charge in [0.2, 0.25) is 0 Å². The highest BCUT2D eigenvalue weighted by Gasteiger charge is 2.52. The molecule has 1 fully saturated rings. The maximum absolute atomic E-state index is 13.4. The number of hydrogen-bond acceptors (Lipinski definition) is 5. The average molecular weight is 467 g/mol. The molecule has 3 heterocycles. The number of carbonyl (C=O) groups is 3. The molecule has 0 radical (unpaired) electrons. The maximum atomic E-state index is 13.4. The van der Waals surface area contributed by atoms with Crippen molar-refractivity contribution in [3.63, 3.8) is 0 Å². The van der Waals surface area contributed by atoms with Crippen LogP contribution in [-0.4, -0.2) is 37.6 Å². The van der Waals surface area contributed by atoms with Gasteiger partial charge in [0.05, 0.1) is 11.3 Å². The van der Waals surface area contributed by atoms with Gasteiger partial charge in [-0.2, -0.15) is 10.1 Å². The molecule has 9 heteroatoms. The van der Waals surface area contributed by atoms with Crippen molar-refractivity contribution in [2.45, 2.75) is 18.9 Å². The lowest BCUT2D eigenvalue weighted by Gasteiger charge is -2.25. The predicted molar refractivity (Wildman–Crippen MR) is 128 cm³/mol. The Bertz CT molecular complexity index is 1390. The quantitative estimate of drug-likeness (QED) is 0.423. The van der Waals surface area contributed by atoms with Gasteiger partial charge in [0, 0.05) is 24.2 Å². The average Bonchev–Trinajstić information content (AvgIpc) is 3.46. The number of rotatable bonds is 6. The lowest BCUT2D eigenvalue weighted by atomic mass is 9.87. The molecule has 0 saturated carbocycles. The summed E-state index contributed by atoms with van der Waals surface area (Å²) < 4.78 is 1.57. The zero-order valence-electron chi connectivity index (χ0n) is 18.9. The number of hydrazine groups is 1. The summed E-state index contributed by atoms with van der Waals surface area (Å²) in [6.45, 7) is 1.81. The van der Waals surface area contributed by atoms with Crippen LogP contribution in [0.15, 0.2) is 91.4 Å². The summed E-state index contributed by atoms with van der Waals surface area (Å²) in [5.41, 5.74) is 3.81.